The second-order valence-corrected chi connectivity index (χ2v) is 11.1. The molecule has 2 aliphatic carbocycles. The van der Waals surface area contributed by atoms with Crippen LogP contribution in [0.5, 0.6) is 0 Å². The van der Waals surface area contributed by atoms with Crippen LogP contribution in [0.2, 0.25) is 0 Å². The molecule has 0 aromatic heterocycles. The fourth-order valence-corrected chi connectivity index (χ4v) is 6.32. The molecular weight excluding hydrogens is 373 g/mol. The van der Waals surface area contributed by atoms with E-state index in [2.05, 4.69) is 32.2 Å². The van der Waals surface area contributed by atoms with E-state index < -0.39 is 0 Å². The third-order valence-electron chi connectivity index (χ3n) is 8.10. The van der Waals surface area contributed by atoms with E-state index in [4.69, 9.17) is 4.74 Å². The Labute approximate surface area is 183 Å². The number of rotatable bonds is 7. The van der Waals surface area contributed by atoms with Crippen LogP contribution in [0.4, 0.5) is 4.39 Å². The molecule has 1 aromatic rings. The lowest BCUT2D eigenvalue weighted by atomic mass is 9.63. The van der Waals surface area contributed by atoms with Gasteiger partial charge in [-0.3, -0.25) is 5.32 Å². The van der Waals surface area contributed by atoms with E-state index in [-0.39, 0.29) is 17.6 Å². The number of benzene rings is 1. The lowest BCUT2D eigenvalue weighted by Crippen LogP contribution is -2.36. The Balaban J connectivity index is 1.31. The highest BCUT2D eigenvalue weighted by molar-refractivity contribution is 5.29. The Morgan fingerprint density at radius 1 is 1.03 bits per heavy atom. The summed E-state index contributed by atoms with van der Waals surface area (Å²) in [5.74, 6) is 3.18. The average molecular weight is 416 g/mol. The number of hydrogen-bond donors (Lipinski definition) is 1. The monoisotopic (exact) mass is 415 g/mol. The Morgan fingerprint density at radius 3 is 2.57 bits per heavy atom. The summed E-state index contributed by atoms with van der Waals surface area (Å²) in [5, 5.41) is 3.39. The van der Waals surface area contributed by atoms with Gasteiger partial charge in [-0.25, -0.2) is 4.39 Å². The highest BCUT2D eigenvalue weighted by Crippen LogP contribution is 2.48. The maximum atomic E-state index is 14.9. The Morgan fingerprint density at radius 2 is 1.83 bits per heavy atom. The average Bonchev–Trinajstić information content (AvgIpc) is 3.10. The third-order valence-corrected chi connectivity index (χ3v) is 8.10. The van der Waals surface area contributed by atoms with Gasteiger partial charge in [0.1, 0.15) is 12.0 Å². The first kappa shape index (κ1) is 22.3. The molecule has 0 radical (unpaired) electrons. The summed E-state index contributed by atoms with van der Waals surface area (Å²) in [4.78, 5) is 0. The van der Waals surface area contributed by atoms with Crippen LogP contribution in [0, 0.1) is 23.6 Å². The summed E-state index contributed by atoms with van der Waals surface area (Å²) in [6.07, 6.45) is 14.8. The fourth-order valence-electron chi connectivity index (χ4n) is 6.32. The molecule has 2 unspecified atom stereocenters. The molecule has 2 nitrogen and oxygen atoms in total. The summed E-state index contributed by atoms with van der Waals surface area (Å²) < 4.78 is 20.7. The van der Waals surface area contributed by atoms with E-state index in [0.717, 1.165) is 17.8 Å². The van der Waals surface area contributed by atoms with Crippen molar-refractivity contribution in [2.24, 2.45) is 17.8 Å². The van der Waals surface area contributed by atoms with Crippen LogP contribution < -0.4 is 5.32 Å². The summed E-state index contributed by atoms with van der Waals surface area (Å²) >= 11 is 0. The number of halogens is 1. The van der Waals surface area contributed by atoms with Crippen molar-refractivity contribution in [2.75, 3.05) is 6.61 Å². The van der Waals surface area contributed by atoms with Crippen LogP contribution in [-0.4, -0.2) is 12.1 Å². The van der Waals surface area contributed by atoms with E-state index in [1.807, 2.05) is 6.07 Å². The molecule has 3 fully saturated rings. The van der Waals surface area contributed by atoms with Crippen molar-refractivity contribution >= 4 is 0 Å². The molecule has 168 valence electrons. The summed E-state index contributed by atoms with van der Waals surface area (Å²) in [5.41, 5.74) is 1.76. The highest BCUT2D eigenvalue weighted by Gasteiger charge is 2.37. The minimum atomic E-state index is -0.322. The van der Waals surface area contributed by atoms with Crippen LogP contribution in [-0.2, 0) is 4.74 Å². The third kappa shape index (κ3) is 5.27. The topological polar surface area (TPSA) is 21.3 Å². The van der Waals surface area contributed by atoms with Crippen LogP contribution >= 0.6 is 0 Å². The second-order valence-electron chi connectivity index (χ2n) is 11.1. The first-order valence-corrected chi connectivity index (χ1v) is 12.6. The van der Waals surface area contributed by atoms with E-state index in [1.165, 1.54) is 76.2 Å². The van der Waals surface area contributed by atoms with Gasteiger partial charge in [0.05, 0.1) is 6.61 Å². The molecule has 1 N–H and O–H groups in total. The zero-order chi connectivity index (χ0) is 21.1. The van der Waals surface area contributed by atoms with Gasteiger partial charge in [0.25, 0.3) is 0 Å². The van der Waals surface area contributed by atoms with Gasteiger partial charge in [0, 0.05) is 11.1 Å². The molecule has 0 amide bonds. The SMILES string of the molecule is CCCCCCC1CC[C@@H]2C[C@H](c3ccc(C4NC(C)(C)CO4)c(F)c3)CC[C@@H]2C1. The second kappa shape index (κ2) is 9.69. The molecule has 1 aliphatic heterocycles. The Kier molecular flexibility index (Phi) is 7.19. The van der Waals surface area contributed by atoms with Gasteiger partial charge in [-0.15, -0.1) is 0 Å². The molecule has 4 rings (SSSR count). The van der Waals surface area contributed by atoms with E-state index in [9.17, 15) is 4.39 Å². The standard InChI is InChI=1S/C27H42FNO/c1-4-5-6-7-8-19-9-10-21-16-22(12-11-20(21)15-19)23-13-14-24(25(28)17-23)26-29-27(2,3)18-30-26/h13-14,17,19-22,26,29H,4-12,15-16,18H2,1-3H3/t19?,20-,21-,22-,26?/m1/s1. The van der Waals surface area contributed by atoms with Gasteiger partial charge in [0.2, 0.25) is 0 Å². The molecule has 1 heterocycles. The largest absolute Gasteiger partial charge is 0.357 e. The molecule has 0 spiro atoms. The molecule has 3 aliphatic rings. The number of ether oxygens (including phenoxy) is 1. The maximum Gasteiger partial charge on any atom is 0.137 e. The molecule has 2 saturated carbocycles. The van der Waals surface area contributed by atoms with Crippen molar-refractivity contribution in [3.8, 4) is 0 Å². The zero-order valence-corrected chi connectivity index (χ0v) is 19.4. The molecule has 1 saturated heterocycles. The normalized spacial score (nSPS) is 33.4. The van der Waals surface area contributed by atoms with Crippen molar-refractivity contribution in [1.29, 1.82) is 0 Å². The number of unbranched alkanes of at least 4 members (excludes halogenated alkanes) is 3. The lowest BCUT2D eigenvalue weighted by molar-refractivity contribution is 0.0958. The number of hydrogen-bond acceptors (Lipinski definition) is 2. The molecule has 3 heteroatoms. The fraction of sp³-hybridized carbons (Fsp3) is 0.778. The maximum absolute atomic E-state index is 14.9. The van der Waals surface area contributed by atoms with E-state index >= 15 is 0 Å². The predicted molar refractivity (Wildman–Crippen MR) is 122 cm³/mol. The highest BCUT2D eigenvalue weighted by atomic mass is 19.1. The number of nitrogens with one attached hydrogen (secondary N) is 1. The van der Waals surface area contributed by atoms with E-state index in [1.54, 1.807) is 6.07 Å². The van der Waals surface area contributed by atoms with Crippen molar-refractivity contribution in [3.63, 3.8) is 0 Å². The van der Waals surface area contributed by atoms with Gasteiger partial charge >= 0.3 is 0 Å². The summed E-state index contributed by atoms with van der Waals surface area (Å²) in [6.45, 7) is 7.10. The quantitative estimate of drug-likeness (QED) is 0.466. The Bertz CT molecular complexity index is 702. The van der Waals surface area contributed by atoms with Crippen LogP contribution in [0.1, 0.15) is 115 Å². The first-order chi connectivity index (χ1) is 14.4. The van der Waals surface area contributed by atoms with Crippen molar-refractivity contribution in [2.45, 2.75) is 109 Å². The van der Waals surface area contributed by atoms with Gasteiger partial charge < -0.3 is 4.74 Å². The van der Waals surface area contributed by atoms with Gasteiger partial charge in [-0.2, -0.15) is 0 Å². The molecule has 0 bridgehead atoms. The minimum absolute atomic E-state index is 0.0942. The van der Waals surface area contributed by atoms with Gasteiger partial charge in [0.15, 0.2) is 0 Å². The zero-order valence-electron chi connectivity index (χ0n) is 19.4. The van der Waals surface area contributed by atoms with Crippen LogP contribution in [0.15, 0.2) is 18.2 Å². The predicted octanol–water partition coefficient (Wildman–Crippen LogP) is 7.49. The van der Waals surface area contributed by atoms with Crippen molar-refractivity contribution in [3.05, 3.63) is 35.1 Å². The number of fused-ring (bicyclic) bond motifs is 1. The minimum Gasteiger partial charge on any atom is -0.357 e. The van der Waals surface area contributed by atoms with Gasteiger partial charge in [-0.1, -0.05) is 57.6 Å². The smallest absolute Gasteiger partial charge is 0.137 e. The molecule has 30 heavy (non-hydrogen) atoms. The summed E-state index contributed by atoms with van der Waals surface area (Å²) in [6, 6.07) is 5.93. The molecule has 1 aromatic carbocycles. The lowest BCUT2D eigenvalue weighted by Gasteiger charge is -2.42. The molecular formula is C27H42FNO. The van der Waals surface area contributed by atoms with E-state index in [0.29, 0.717) is 18.1 Å². The van der Waals surface area contributed by atoms with Crippen molar-refractivity contribution in [1.82, 2.24) is 5.32 Å². The molecule has 5 atom stereocenters. The van der Waals surface area contributed by atoms with Crippen LogP contribution in [0.3, 0.4) is 0 Å². The Hall–Kier alpha value is -0.930. The van der Waals surface area contributed by atoms with Gasteiger partial charge in [-0.05, 0) is 81.3 Å². The first-order valence-electron chi connectivity index (χ1n) is 12.6. The van der Waals surface area contributed by atoms with Crippen molar-refractivity contribution < 1.29 is 9.13 Å². The van der Waals surface area contributed by atoms with Crippen LogP contribution in [0.25, 0.3) is 0 Å². The summed E-state index contributed by atoms with van der Waals surface area (Å²) in [7, 11) is 0.